The summed E-state index contributed by atoms with van der Waals surface area (Å²) in [6.07, 6.45) is 6.21. The summed E-state index contributed by atoms with van der Waals surface area (Å²) < 4.78 is 7.41. The van der Waals surface area contributed by atoms with Gasteiger partial charge in [-0.2, -0.15) is 0 Å². The molecule has 0 amide bonds. The fraction of sp³-hybridized carbons (Fsp3) is 0.667. The van der Waals surface area contributed by atoms with Crippen molar-refractivity contribution >= 4 is 15.9 Å². The monoisotopic (exact) mass is 352 g/mol. The number of hydrogen-bond acceptors (Lipinski definition) is 2. The van der Waals surface area contributed by atoms with Crippen LogP contribution in [0.3, 0.4) is 0 Å². The molecule has 3 heteroatoms. The molecule has 0 radical (unpaired) electrons. The summed E-state index contributed by atoms with van der Waals surface area (Å²) in [4.78, 5) is 0. The van der Waals surface area contributed by atoms with Crippen LogP contribution in [0, 0.1) is 11.8 Å². The number of fused-ring (bicyclic) bond motifs is 1. The minimum atomic E-state index is -0.401. The van der Waals surface area contributed by atoms with Gasteiger partial charge in [0.15, 0.2) is 0 Å². The predicted octanol–water partition coefficient (Wildman–Crippen LogP) is 5.24. The molecule has 1 fully saturated rings. The molecule has 2 nitrogen and oxygen atoms in total. The van der Waals surface area contributed by atoms with Crippen LogP contribution in [0.5, 0.6) is 5.75 Å². The summed E-state index contributed by atoms with van der Waals surface area (Å²) in [5, 5.41) is 10.6. The Bertz CT molecular complexity index is 514. The fourth-order valence-electron chi connectivity index (χ4n) is 3.99. The summed E-state index contributed by atoms with van der Waals surface area (Å²) in [6.45, 7) is 4.65. The third kappa shape index (κ3) is 3.14. The molecule has 21 heavy (non-hydrogen) atoms. The highest BCUT2D eigenvalue weighted by Crippen LogP contribution is 2.47. The van der Waals surface area contributed by atoms with Gasteiger partial charge in [0.1, 0.15) is 11.4 Å². The van der Waals surface area contributed by atoms with E-state index in [1.165, 1.54) is 19.3 Å². The summed E-state index contributed by atoms with van der Waals surface area (Å²) in [5.41, 5.74) is 0.781. The molecule has 0 bridgehead atoms. The van der Waals surface area contributed by atoms with Gasteiger partial charge in [0.25, 0.3) is 0 Å². The first-order valence-electron chi connectivity index (χ1n) is 8.16. The summed E-state index contributed by atoms with van der Waals surface area (Å²) in [7, 11) is 0. The molecule has 3 rings (SSSR count). The van der Waals surface area contributed by atoms with Gasteiger partial charge in [0, 0.05) is 16.5 Å². The van der Waals surface area contributed by atoms with E-state index in [0.717, 1.165) is 46.9 Å². The van der Waals surface area contributed by atoms with Crippen LogP contribution in [0.15, 0.2) is 22.7 Å². The Balaban J connectivity index is 1.82. The van der Waals surface area contributed by atoms with Crippen molar-refractivity contribution in [3.8, 4) is 5.75 Å². The second kappa shape index (κ2) is 5.92. The lowest BCUT2D eigenvalue weighted by Gasteiger charge is -2.40. The van der Waals surface area contributed by atoms with Crippen molar-refractivity contribution in [2.75, 3.05) is 0 Å². The van der Waals surface area contributed by atoms with Crippen molar-refractivity contribution in [2.24, 2.45) is 11.8 Å². The molecule has 2 aliphatic rings. The van der Waals surface area contributed by atoms with Crippen LogP contribution in [-0.4, -0.2) is 10.7 Å². The van der Waals surface area contributed by atoms with Crippen LogP contribution >= 0.6 is 15.9 Å². The van der Waals surface area contributed by atoms with E-state index in [1.807, 2.05) is 18.2 Å². The Kier molecular flexibility index (Phi) is 4.33. The Morgan fingerprint density at radius 3 is 2.86 bits per heavy atom. The highest BCUT2D eigenvalue weighted by atomic mass is 79.9. The number of rotatable bonds is 1. The van der Waals surface area contributed by atoms with E-state index in [4.69, 9.17) is 4.74 Å². The zero-order valence-electron chi connectivity index (χ0n) is 12.9. The third-order valence-corrected chi connectivity index (χ3v) is 5.84. The maximum absolute atomic E-state index is 10.6. The SMILES string of the molecule is CC(C)C1CCCC2(CC1)C[C@@H](O)c1cc(Br)ccc1O2. The molecule has 2 unspecified atom stereocenters. The van der Waals surface area contributed by atoms with E-state index in [9.17, 15) is 5.11 Å². The molecule has 116 valence electrons. The lowest BCUT2D eigenvalue weighted by Crippen LogP contribution is -2.40. The molecular formula is C18H25BrO2. The second-order valence-electron chi connectivity index (χ2n) is 7.12. The average molecular weight is 353 g/mol. The third-order valence-electron chi connectivity index (χ3n) is 5.34. The van der Waals surface area contributed by atoms with Crippen LogP contribution in [0.1, 0.15) is 64.0 Å². The van der Waals surface area contributed by atoms with Crippen molar-refractivity contribution in [1.29, 1.82) is 0 Å². The van der Waals surface area contributed by atoms with Crippen LogP contribution in [0.2, 0.25) is 0 Å². The Morgan fingerprint density at radius 2 is 2.10 bits per heavy atom. The number of ether oxygens (including phenoxy) is 1. The highest BCUT2D eigenvalue weighted by Gasteiger charge is 2.42. The molecule has 0 aromatic heterocycles. The number of halogens is 1. The average Bonchev–Trinajstić information content (AvgIpc) is 2.63. The Morgan fingerprint density at radius 1 is 1.29 bits per heavy atom. The number of aliphatic hydroxyl groups excluding tert-OH is 1. The largest absolute Gasteiger partial charge is 0.487 e. The van der Waals surface area contributed by atoms with Gasteiger partial charge in [0.2, 0.25) is 0 Å². The number of aliphatic hydroxyl groups is 1. The van der Waals surface area contributed by atoms with E-state index < -0.39 is 6.10 Å². The van der Waals surface area contributed by atoms with Gasteiger partial charge in [-0.05, 0) is 55.7 Å². The van der Waals surface area contributed by atoms with Gasteiger partial charge >= 0.3 is 0 Å². The van der Waals surface area contributed by atoms with Crippen molar-refractivity contribution in [2.45, 2.75) is 64.1 Å². The molecule has 1 heterocycles. The van der Waals surface area contributed by atoms with Gasteiger partial charge < -0.3 is 9.84 Å². The van der Waals surface area contributed by atoms with Crippen LogP contribution < -0.4 is 4.74 Å². The standard InChI is InChI=1S/C18H25BrO2/c1-12(2)13-4-3-8-18(9-7-13)11-16(20)15-10-14(19)5-6-17(15)21-18/h5-6,10,12-13,16,20H,3-4,7-9,11H2,1-2H3/t13?,16-,18?/m1/s1. The molecule has 1 saturated carbocycles. The second-order valence-corrected chi connectivity index (χ2v) is 8.04. The zero-order chi connectivity index (χ0) is 15.0. The zero-order valence-corrected chi connectivity index (χ0v) is 14.5. The van der Waals surface area contributed by atoms with Crippen molar-refractivity contribution < 1.29 is 9.84 Å². The van der Waals surface area contributed by atoms with Crippen molar-refractivity contribution in [1.82, 2.24) is 0 Å². The molecule has 1 aromatic carbocycles. The highest BCUT2D eigenvalue weighted by molar-refractivity contribution is 9.10. The van der Waals surface area contributed by atoms with E-state index >= 15 is 0 Å². The maximum Gasteiger partial charge on any atom is 0.126 e. The first-order chi connectivity index (χ1) is 9.99. The molecule has 1 aliphatic heterocycles. The smallest absolute Gasteiger partial charge is 0.126 e. The molecule has 1 aromatic rings. The van der Waals surface area contributed by atoms with Crippen LogP contribution in [0.4, 0.5) is 0 Å². The summed E-state index contributed by atoms with van der Waals surface area (Å²) in [6, 6.07) is 5.98. The van der Waals surface area contributed by atoms with Crippen molar-refractivity contribution in [3.05, 3.63) is 28.2 Å². The lowest BCUT2D eigenvalue weighted by atomic mass is 9.82. The Hall–Kier alpha value is -0.540. The minimum absolute atomic E-state index is 0.149. The molecular weight excluding hydrogens is 328 g/mol. The van der Waals surface area contributed by atoms with E-state index in [0.29, 0.717) is 0 Å². The molecule has 0 saturated heterocycles. The summed E-state index contributed by atoms with van der Waals surface area (Å²) >= 11 is 3.48. The first kappa shape index (κ1) is 15.4. The summed E-state index contributed by atoms with van der Waals surface area (Å²) in [5.74, 6) is 2.42. The maximum atomic E-state index is 10.6. The molecule has 1 aliphatic carbocycles. The van der Waals surface area contributed by atoms with Crippen LogP contribution in [-0.2, 0) is 0 Å². The van der Waals surface area contributed by atoms with Crippen LogP contribution in [0.25, 0.3) is 0 Å². The van der Waals surface area contributed by atoms with E-state index in [2.05, 4.69) is 29.8 Å². The topological polar surface area (TPSA) is 29.5 Å². The first-order valence-corrected chi connectivity index (χ1v) is 8.95. The van der Waals surface area contributed by atoms with Crippen molar-refractivity contribution in [3.63, 3.8) is 0 Å². The number of benzene rings is 1. The van der Waals surface area contributed by atoms with E-state index in [1.54, 1.807) is 0 Å². The molecule has 3 atom stereocenters. The predicted molar refractivity (Wildman–Crippen MR) is 88.5 cm³/mol. The quantitative estimate of drug-likeness (QED) is 0.748. The molecule has 1 N–H and O–H groups in total. The van der Waals surface area contributed by atoms with Gasteiger partial charge in [-0.1, -0.05) is 36.2 Å². The molecule has 1 spiro atoms. The fourth-order valence-corrected chi connectivity index (χ4v) is 4.37. The van der Waals surface area contributed by atoms with Gasteiger partial charge in [-0.25, -0.2) is 0 Å². The van der Waals surface area contributed by atoms with Gasteiger partial charge in [-0.3, -0.25) is 0 Å². The Labute approximate surface area is 136 Å². The normalized spacial score (nSPS) is 32.6. The lowest BCUT2D eigenvalue weighted by molar-refractivity contribution is -0.0254. The minimum Gasteiger partial charge on any atom is -0.487 e. The van der Waals surface area contributed by atoms with Gasteiger partial charge in [0.05, 0.1) is 6.10 Å². The number of hydrogen-bond donors (Lipinski definition) is 1. The van der Waals surface area contributed by atoms with Gasteiger partial charge in [-0.15, -0.1) is 0 Å². The van der Waals surface area contributed by atoms with E-state index in [-0.39, 0.29) is 5.60 Å².